The van der Waals surface area contributed by atoms with Crippen molar-refractivity contribution in [3.05, 3.63) is 29.8 Å². The minimum Gasteiger partial charge on any atom is -0.491 e. The fourth-order valence-corrected chi connectivity index (χ4v) is 3.47. The van der Waals surface area contributed by atoms with Crippen molar-refractivity contribution in [3.8, 4) is 5.75 Å². The van der Waals surface area contributed by atoms with E-state index in [9.17, 15) is 14.7 Å². The minimum absolute atomic E-state index is 0.160. The van der Waals surface area contributed by atoms with Crippen molar-refractivity contribution in [3.63, 3.8) is 0 Å². The first kappa shape index (κ1) is 21.4. The number of benzene rings is 1. The lowest BCUT2D eigenvalue weighted by atomic mass is 10.1. The predicted molar refractivity (Wildman–Crippen MR) is 103 cm³/mol. The summed E-state index contributed by atoms with van der Waals surface area (Å²) in [5.74, 6) is 0.221. The highest BCUT2D eigenvalue weighted by Gasteiger charge is 2.32. The maximum Gasteiger partial charge on any atom is 0.405 e. The van der Waals surface area contributed by atoms with E-state index in [0.717, 1.165) is 25.9 Å². The number of rotatable bonds is 8. The Morgan fingerprint density at radius 1 is 1.21 bits per heavy atom. The molecule has 29 heavy (non-hydrogen) atoms. The summed E-state index contributed by atoms with van der Waals surface area (Å²) in [6, 6.07) is 5.67. The van der Waals surface area contributed by atoms with Gasteiger partial charge >= 0.3 is 6.09 Å². The topological polar surface area (TPSA) is 118 Å². The molecule has 2 fully saturated rings. The van der Waals surface area contributed by atoms with Crippen molar-refractivity contribution in [1.29, 1.82) is 0 Å². The van der Waals surface area contributed by atoms with E-state index in [1.54, 1.807) is 24.3 Å². The van der Waals surface area contributed by atoms with E-state index in [1.807, 2.05) is 0 Å². The summed E-state index contributed by atoms with van der Waals surface area (Å²) in [6.07, 6.45) is 1.55. The fraction of sp³-hybridized carbons (Fsp3) is 0.600. The Balaban J connectivity index is 1.52. The molecule has 160 valence electrons. The van der Waals surface area contributed by atoms with Crippen molar-refractivity contribution in [2.45, 2.75) is 44.1 Å². The van der Waals surface area contributed by atoms with E-state index in [2.05, 4.69) is 5.32 Å². The number of hydrogen-bond donors (Lipinski definition) is 3. The highest BCUT2D eigenvalue weighted by molar-refractivity contribution is 5.86. The van der Waals surface area contributed by atoms with Crippen LogP contribution in [0.25, 0.3) is 0 Å². The molecular weight excluding hydrogens is 380 g/mol. The number of carbonyl (C=O) groups is 2. The molecule has 2 aliphatic rings. The molecule has 3 N–H and O–H groups in total. The Morgan fingerprint density at radius 3 is 2.62 bits per heavy atom. The van der Waals surface area contributed by atoms with Gasteiger partial charge in [0.25, 0.3) is 0 Å². The number of aliphatic hydroxyl groups is 1. The van der Waals surface area contributed by atoms with Crippen LogP contribution in [0.2, 0.25) is 0 Å². The van der Waals surface area contributed by atoms with Gasteiger partial charge in [0.05, 0.1) is 12.7 Å². The number of carbonyl (C=O) groups excluding carboxylic acids is 1. The van der Waals surface area contributed by atoms with Crippen LogP contribution in [0.3, 0.4) is 0 Å². The van der Waals surface area contributed by atoms with Crippen LogP contribution in [0.5, 0.6) is 5.75 Å². The Kier molecular flexibility index (Phi) is 7.68. The van der Waals surface area contributed by atoms with Crippen molar-refractivity contribution in [2.75, 3.05) is 32.9 Å². The van der Waals surface area contributed by atoms with Crippen LogP contribution in [0, 0.1) is 0 Å². The second-order valence-electron chi connectivity index (χ2n) is 7.19. The molecule has 2 amide bonds. The average Bonchev–Trinajstić information content (AvgIpc) is 3.16. The van der Waals surface area contributed by atoms with Crippen LogP contribution < -0.4 is 10.1 Å². The van der Waals surface area contributed by atoms with Gasteiger partial charge in [0, 0.05) is 19.7 Å². The normalized spacial score (nSPS) is 22.9. The third kappa shape index (κ3) is 6.31. The van der Waals surface area contributed by atoms with Crippen LogP contribution in [0.4, 0.5) is 4.79 Å². The van der Waals surface area contributed by atoms with Gasteiger partial charge in [-0.15, -0.1) is 0 Å². The molecule has 2 heterocycles. The number of ether oxygens (including phenoxy) is 3. The maximum absolute atomic E-state index is 12.7. The summed E-state index contributed by atoms with van der Waals surface area (Å²) in [5, 5.41) is 21.0. The van der Waals surface area contributed by atoms with Gasteiger partial charge in [-0.05, 0) is 43.4 Å². The minimum atomic E-state index is -1.29. The molecule has 2 aliphatic heterocycles. The average molecular weight is 408 g/mol. The molecule has 2 saturated heterocycles. The quantitative estimate of drug-likeness (QED) is 0.558. The highest BCUT2D eigenvalue weighted by atomic mass is 16.7. The third-order valence-corrected chi connectivity index (χ3v) is 5.00. The number of amides is 2. The molecule has 3 rings (SSSR count). The molecule has 9 heteroatoms. The maximum atomic E-state index is 12.7. The second kappa shape index (κ2) is 10.4. The van der Waals surface area contributed by atoms with E-state index in [4.69, 9.17) is 19.3 Å². The molecule has 2 unspecified atom stereocenters. The number of aliphatic hydroxyl groups excluding tert-OH is 1. The van der Waals surface area contributed by atoms with E-state index in [0.29, 0.717) is 37.5 Å². The summed E-state index contributed by atoms with van der Waals surface area (Å²) in [6.45, 7) is 2.12. The van der Waals surface area contributed by atoms with Gasteiger partial charge in [0.1, 0.15) is 18.4 Å². The zero-order valence-corrected chi connectivity index (χ0v) is 16.3. The SMILES string of the molecule is O=C(O)N[C@H](C(=O)N1CCC(O)C1)c1ccc(OCCOC2CCCCO2)cc1. The summed E-state index contributed by atoms with van der Waals surface area (Å²) in [4.78, 5) is 25.3. The number of hydrogen-bond acceptors (Lipinski definition) is 6. The van der Waals surface area contributed by atoms with Crippen molar-refractivity contribution < 1.29 is 34.0 Å². The molecular formula is C20H28N2O7. The summed E-state index contributed by atoms with van der Waals surface area (Å²) in [5.41, 5.74) is 0.512. The smallest absolute Gasteiger partial charge is 0.405 e. The summed E-state index contributed by atoms with van der Waals surface area (Å²) < 4.78 is 16.7. The van der Waals surface area contributed by atoms with Gasteiger partial charge in [-0.3, -0.25) is 4.79 Å². The first-order chi connectivity index (χ1) is 14.0. The van der Waals surface area contributed by atoms with Crippen LogP contribution in [0.15, 0.2) is 24.3 Å². The van der Waals surface area contributed by atoms with Crippen LogP contribution >= 0.6 is 0 Å². The van der Waals surface area contributed by atoms with Gasteiger partial charge in [0.15, 0.2) is 6.29 Å². The Bertz CT molecular complexity index is 676. The number of nitrogens with zero attached hydrogens (tertiary/aromatic N) is 1. The largest absolute Gasteiger partial charge is 0.491 e. The van der Waals surface area contributed by atoms with Crippen LogP contribution in [0.1, 0.15) is 37.3 Å². The molecule has 9 nitrogen and oxygen atoms in total. The van der Waals surface area contributed by atoms with E-state index in [-0.39, 0.29) is 18.7 Å². The number of β-amino-alcohol motifs (C(OH)–C–C–N with tert-alkyl or cyclic N) is 1. The first-order valence-corrected chi connectivity index (χ1v) is 9.95. The fourth-order valence-electron chi connectivity index (χ4n) is 3.47. The lowest BCUT2D eigenvalue weighted by Gasteiger charge is -2.24. The van der Waals surface area contributed by atoms with Gasteiger partial charge < -0.3 is 34.6 Å². The lowest BCUT2D eigenvalue weighted by molar-refractivity contribution is -0.165. The molecule has 1 aromatic carbocycles. The van der Waals surface area contributed by atoms with Crippen LogP contribution in [-0.4, -0.2) is 72.4 Å². The van der Waals surface area contributed by atoms with Crippen LogP contribution in [-0.2, 0) is 14.3 Å². The van der Waals surface area contributed by atoms with Gasteiger partial charge in [0.2, 0.25) is 5.91 Å². The molecule has 0 saturated carbocycles. The molecule has 0 bridgehead atoms. The van der Waals surface area contributed by atoms with E-state index >= 15 is 0 Å². The van der Waals surface area contributed by atoms with E-state index in [1.165, 1.54) is 4.90 Å². The summed E-state index contributed by atoms with van der Waals surface area (Å²) in [7, 11) is 0. The van der Waals surface area contributed by atoms with Crippen molar-refractivity contribution in [1.82, 2.24) is 10.2 Å². The van der Waals surface area contributed by atoms with Gasteiger partial charge in [-0.2, -0.15) is 0 Å². The highest BCUT2D eigenvalue weighted by Crippen LogP contribution is 2.22. The molecule has 0 aromatic heterocycles. The standard InChI is InChI=1S/C20H28N2O7/c23-15-8-9-22(13-15)19(24)18(21-20(25)26)14-4-6-16(7-5-14)27-11-12-29-17-3-1-2-10-28-17/h4-7,15,17-18,21,23H,1-3,8-13H2,(H,25,26)/t15?,17?,18-/m0/s1. The molecule has 0 spiro atoms. The third-order valence-electron chi connectivity index (χ3n) is 5.00. The number of likely N-dealkylation sites (tertiary alicyclic amines) is 1. The predicted octanol–water partition coefficient (Wildman–Crippen LogP) is 1.51. The zero-order chi connectivity index (χ0) is 20.6. The zero-order valence-electron chi connectivity index (χ0n) is 16.3. The Labute approximate surface area is 169 Å². The van der Waals surface area contributed by atoms with Crippen molar-refractivity contribution in [2.24, 2.45) is 0 Å². The monoisotopic (exact) mass is 408 g/mol. The van der Waals surface area contributed by atoms with Gasteiger partial charge in [-0.1, -0.05) is 12.1 Å². The van der Waals surface area contributed by atoms with E-state index < -0.39 is 18.2 Å². The first-order valence-electron chi connectivity index (χ1n) is 9.95. The molecule has 0 radical (unpaired) electrons. The lowest BCUT2D eigenvalue weighted by Crippen LogP contribution is -2.41. The molecule has 1 aromatic rings. The summed E-state index contributed by atoms with van der Waals surface area (Å²) >= 11 is 0. The second-order valence-corrected chi connectivity index (χ2v) is 7.19. The Hall–Kier alpha value is -2.36. The number of carboxylic acid groups (broad SMARTS) is 1. The van der Waals surface area contributed by atoms with Crippen molar-refractivity contribution >= 4 is 12.0 Å². The Morgan fingerprint density at radius 2 is 2.00 bits per heavy atom. The molecule has 0 aliphatic carbocycles. The molecule has 3 atom stereocenters. The van der Waals surface area contributed by atoms with Gasteiger partial charge in [-0.25, -0.2) is 4.79 Å². The number of nitrogens with one attached hydrogen (secondary N) is 1.